The zero-order chi connectivity index (χ0) is 22.2. The van der Waals surface area contributed by atoms with Crippen molar-refractivity contribution in [2.45, 2.75) is 32.7 Å². The minimum absolute atomic E-state index is 0.0562. The normalized spacial score (nSPS) is 11.1. The number of ether oxygens (including phenoxy) is 1. The molecule has 6 nitrogen and oxygen atoms in total. The number of hydrogen-bond donors (Lipinski definition) is 1. The minimum Gasteiger partial charge on any atom is -0.497 e. The summed E-state index contributed by atoms with van der Waals surface area (Å²) in [6, 6.07) is 15.7. The molecule has 0 aliphatic heterocycles. The fourth-order valence-electron chi connectivity index (χ4n) is 3.67. The molecule has 0 atom stereocenters. The van der Waals surface area contributed by atoms with Crippen molar-refractivity contribution in [2.24, 2.45) is 0 Å². The quantitative estimate of drug-likeness (QED) is 0.399. The van der Waals surface area contributed by atoms with Gasteiger partial charge in [0, 0.05) is 36.5 Å². The Balaban J connectivity index is 1.46. The molecule has 1 aromatic heterocycles. The number of nitrogens with zero attached hydrogens (tertiary/aromatic N) is 1. The summed E-state index contributed by atoms with van der Waals surface area (Å²) >= 11 is 0. The van der Waals surface area contributed by atoms with Gasteiger partial charge in [0.15, 0.2) is 0 Å². The summed E-state index contributed by atoms with van der Waals surface area (Å²) in [5.41, 5.74) is 2.78. The molecule has 6 heteroatoms. The first-order valence-corrected chi connectivity index (χ1v) is 10.6. The zero-order valence-electron chi connectivity index (χ0n) is 18.4. The molecule has 1 N–H and O–H groups in total. The maximum Gasteiger partial charge on any atom is 0.339 e. The van der Waals surface area contributed by atoms with Crippen molar-refractivity contribution in [3.8, 4) is 5.75 Å². The van der Waals surface area contributed by atoms with Crippen molar-refractivity contribution in [2.75, 3.05) is 27.2 Å². The number of carbonyl (C=O) groups excluding carboxylic acids is 1. The van der Waals surface area contributed by atoms with Gasteiger partial charge in [0.1, 0.15) is 11.3 Å². The molecule has 0 fully saturated rings. The van der Waals surface area contributed by atoms with Crippen LogP contribution in [0.2, 0.25) is 0 Å². The van der Waals surface area contributed by atoms with Crippen molar-refractivity contribution in [3.05, 3.63) is 75.6 Å². The smallest absolute Gasteiger partial charge is 0.339 e. The predicted octanol–water partition coefficient (Wildman–Crippen LogP) is 3.68. The molecule has 0 unspecified atom stereocenters. The van der Waals surface area contributed by atoms with Crippen LogP contribution in [0, 0.1) is 6.92 Å². The fourth-order valence-corrected chi connectivity index (χ4v) is 3.67. The van der Waals surface area contributed by atoms with E-state index in [1.807, 2.05) is 37.3 Å². The second kappa shape index (κ2) is 10.8. The van der Waals surface area contributed by atoms with Gasteiger partial charge < -0.3 is 19.4 Å². The van der Waals surface area contributed by atoms with E-state index in [1.54, 1.807) is 13.2 Å². The van der Waals surface area contributed by atoms with Crippen molar-refractivity contribution >= 4 is 16.9 Å². The zero-order valence-corrected chi connectivity index (χ0v) is 18.4. The third kappa shape index (κ3) is 6.18. The van der Waals surface area contributed by atoms with E-state index in [-0.39, 0.29) is 12.3 Å². The largest absolute Gasteiger partial charge is 0.497 e. The molecule has 31 heavy (non-hydrogen) atoms. The van der Waals surface area contributed by atoms with Crippen LogP contribution < -0.4 is 15.7 Å². The van der Waals surface area contributed by atoms with Gasteiger partial charge in [-0.2, -0.15) is 0 Å². The highest BCUT2D eigenvalue weighted by molar-refractivity contribution is 5.82. The molecular formula is C25H30N2O4. The number of benzene rings is 2. The molecule has 1 amide bonds. The molecule has 0 radical (unpaired) electrons. The van der Waals surface area contributed by atoms with Crippen molar-refractivity contribution < 1.29 is 13.9 Å². The van der Waals surface area contributed by atoms with Gasteiger partial charge in [-0.3, -0.25) is 4.79 Å². The molecule has 0 aliphatic rings. The Labute approximate surface area is 182 Å². The van der Waals surface area contributed by atoms with Gasteiger partial charge in [0.05, 0.1) is 7.11 Å². The first-order chi connectivity index (χ1) is 15.0. The maximum atomic E-state index is 12.4. The molecule has 3 rings (SSSR count). The Bertz CT molecular complexity index is 1080. The molecule has 0 aliphatic carbocycles. The molecule has 164 valence electrons. The Hall–Kier alpha value is -3.12. The first-order valence-electron chi connectivity index (χ1n) is 10.6. The fraction of sp³-hybridized carbons (Fsp3) is 0.360. The summed E-state index contributed by atoms with van der Waals surface area (Å²) in [6.45, 7) is 4.29. The predicted molar refractivity (Wildman–Crippen MR) is 122 cm³/mol. The molecule has 0 saturated heterocycles. The molecule has 2 aromatic carbocycles. The Kier molecular flexibility index (Phi) is 7.84. The van der Waals surface area contributed by atoms with Crippen molar-refractivity contribution in [3.63, 3.8) is 0 Å². The van der Waals surface area contributed by atoms with E-state index in [9.17, 15) is 9.59 Å². The lowest BCUT2D eigenvalue weighted by atomic mass is 10.0. The van der Waals surface area contributed by atoms with E-state index in [1.165, 1.54) is 5.56 Å². The first kappa shape index (κ1) is 22.6. The average Bonchev–Trinajstić information content (AvgIpc) is 2.76. The molecule has 0 bridgehead atoms. The number of aryl methyl sites for hydroxylation is 1. The van der Waals surface area contributed by atoms with E-state index in [0.717, 1.165) is 30.5 Å². The number of amides is 1. The van der Waals surface area contributed by atoms with E-state index in [0.29, 0.717) is 29.9 Å². The van der Waals surface area contributed by atoms with Gasteiger partial charge in [-0.15, -0.1) is 0 Å². The molecular weight excluding hydrogens is 392 g/mol. The number of fused-ring (bicyclic) bond motifs is 1. The van der Waals surface area contributed by atoms with Gasteiger partial charge in [-0.05, 0) is 56.6 Å². The second-order valence-corrected chi connectivity index (χ2v) is 7.78. The highest BCUT2D eigenvalue weighted by Gasteiger charge is 2.13. The molecule has 3 aromatic rings. The minimum atomic E-state index is -0.395. The lowest BCUT2D eigenvalue weighted by Gasteiger charge is -2.16. The van der Waals surface area contributed by atoms with Crippen LogP contribution in [0.25, 0.3) is 11.0 Å². The van der Waals surface area contributed by atoms with Crippen LogP contribution in [0.3, 0.4) is 0 Å². The Morgan fingerprint density at radius 1 is 1.16 bits per heavy atom. The van der Waals surface area contributed by atoms with Gasteiger partial charge in [0.2, 0.25) is 5.91 Å². The highest BCUT2D eigenvalue weighted by Crippen LogP contribution is 2.24. The summed E-state index contributed by atoms with van der Waals surface area (Å²) in [4.78, 5) is 26.9. The lowest BCUT2D eigenvalue weighted by Crippen LogP contribution is -2.28. The number of rotatable bonds is 10. The summed E-state index contributed by atoms with van der Waals surface area (Å²) in [5, 5.41) is 3.81. The lowest BCUT2D eigenvalue weighted by molar-refractivity contribution is -0.121. The van der Waals surface area contributed by atoms with Crippen LogP contribution in [-0.4, -0.2) is 38.1 Å². The van der Waals surface area contributed by atoms with Gasteiger partial charge in [-0.1, -0.05) is 30.3 Å². The third-order valence-electron chi connectivity index (χ3n) is 5.43. The number of hydrogen-bond acceptors (Lipinski definition) is 5. The van der Waals surface area contributed by atoms with Crippen LogP contribution in [0.4, 0.5) is 0 Å². The van der Waals surface area contributed by atoms with Crippen LogP contribution in [0.15, 0.2) is 57.7 Å². The molecule has 0 saturated carbocycles. The van der Waals surface area contributed by atoms with Crippen LogP contribution in [-0.2, 0) is 17.8 Å². The summed E-state index contributed by atoms with van der Waals surface area (Å²) < 4.78 is 10.6. The summed E-state index contributed by atoms with van der Waals surface area (Å²) in [6.07, 6.45) is 1.48. The maximum absolute atomic E-state index is 12.4. The monoisotopic (exact) mass is 422 g/mol. The van der Waals surface area contributed by atoms with E-state index in [4.69, 9.17) is 9.15 Å². The highest BCUT2D eigenvalue weighted by atomic mass is 16.5. The van der Waals surface area contributed by atoms with Crippen molar-refractivity contribution in [1.29, 1.82) is 0 Å². The standard InChI is InChI=1S/C25H30N2O4/c1-18-21-11-10-20(30-3)16-23(21)31-25(29)22(18)12-13-24(28)26-14-7-15-27(2)17-19-8-5-4-6-9-19/h4-6,8-11,16H,7,12-15,17H2,1-3H3,(H,26,28). The molecule has 0 spiro atoms. The van der Waals surface area contributed by atoms with Gasteiger partial charge in [-0.25, -0.2) is 4.79 Å². The molecule has 1 heterocycles. The average molecular weight is 423 g/mol. The number of methoxy groups -OCH3 is 1. The van der Waals surface area contributed by atoms with Gasteiger partial charge >= 0.3 is 5.63 Å². The van der Waals surface area contributed by atoms with Crippen LogP contribution in [0.1, 0.15) is 29.5 Å². The summed E-state index contributed by atoms with van der Waals surface area (Å²) in [7, 11) is 3.65. The SMILES string of the molecule is COc1ccc2c(C)c(CCC(=O)NCCCN(C)Cc3ccccc3)c(=O)oc2c1. The van der Waals surface area contributed by atoms with E-state index >= 15 is 0 Å². The summed E-state index contributed by atoms with van der Waals surface area (Å²) in [5.74, 6) is 0.580. The van der Waals surface area contributed by atoms with Crippen LogP contribution in [0.5, 0.6) is 5.75 Å². The van der Waals surface area contributed by atoms with Gasteiger partial charge in [0.25, 0.3) is 0 Å². The number of carbonyl (C=O) groups is 1. The second-order valence-electron chi connectivity index (χ2n) is 7.78. The van der Waals surface area contributed by atoms with Crippen molar-refractivity contribution in [1.82, 2.24) is 10.2 Å². The topological polar surface area (TPSA) is 71.8 Å². The van der Waals surface area contributed by atoms with E-state index < -0.39 is 5.63 Å². The van der Waals surface area contributed by atoms with Crippen LogP contribution >= 0.6 is 0 Å². The Morgan fingerprint density at radius 3 is 2.68 bits per heavy atom. The third-order valence-corrected chi connectivity index (χ3v) is 5.43. The number of nitrogens with one attached hydrogen (secondary N) is 1. The Morgan fingerprint density at radius 2 is 1.94 bits per heavy atom. The van der Waals surface area contributed by atoms with E-state index in [2.05, 4.69) is 29.4 Å².